The number of aromatic nitrogens is 2. The number of nitrogens with zero attached hydrogens (tertiary/aromatic N) is 1. The van der Waals surface area contributed by atoms with E-state index in [0.717, 1.165) is 18.5 Å². The Morgan fingerprint density at radius 2 is 2.10 bits per heavy atom. The molecule has 7 nitrogen and oxygen atoms in total. The smallest absolute Gasteiger partial charge is 0.273 e. The highest BCUT2D eigenvalue weighted by Gasteiger charge is 2.30. The molecule has 0 radical (unpaired) electrons. The van der Waals surface area contributed by atoms with Crippen molar-refractivity contribution in [1.29, 1.82) is 0 Å². The minimum atomic E-state index is -0.340. The Labute approximate surface area is 124 Å². The predicted molar refractivity (Wildman–Crippen MR) is 79.8 cm³/mol. The van der Waals surface area contributed by atoms with Crippen molar-refractivity contribution in [3.05, 3.63) is 11.4 Å². The molecule has 5 N–H and O–H groups in total. The van der Waals surface area contributed by atoms with Gasteiger partial charge in [0, 0.05) is 25.4 Å². The van der Waals surface area contributed by atoms with Crippen LogP contribution in [0.3, 0.4) is 0 Å². The lowest BCUT2D eigenvalue weighted by atomic mass is 10.2. The van der Waals surface area contributed by atoms with Gasteiger partial charge in [0.05, 0.1) is 11.4 Å². The summed E-state index contributed by atoms with van der Waals surface area (Å²) >= 11 is 0. The third-order valence-electron chi connectivity index (χ3n) is 3.38. The van der Waals surface area contributed by atoms with Gasteiger partial charge in [-0.25, -0.2) is 0 Å². The average molecular weight is 293 g/mol. The molecule has 2 rings (SSSR count). The van der Waals surface area contributed by atoms with Gasteiger partial charge in [0.2, 0.25) is 5.91 Å². The van der Waals surface area contributed by atoms with Crippen molar-refractivity contribution in [1.82, 2.24) is 20.8 Å². The third kappa shape index (κ3) is 4.21. The molecule has 0 bridgehead atoms. The zero-order chi connectivity index (χ0) is 15.4. The predicted octanol–water partition coefficient (Wildman–Crippen LogP) is 0.761. The number of hydrogen-bond acceptors (Lipinski definition) is 4. The van der Waals surface area contributed by atoms with Crippen molar-refractivity contribution in [2.45, 2.75) is 39.0 Å². The molecular formula is C14H23N5O2. The van der Waals surface area contributed by atoms with E-state index in [1.54, 1.807) is 0 Å². The number of hydrogen-bond donors (Lipinski definition) is 4. The van der Waals surface area contributed by atoms with Gasteiger partial charge >= 0.3 is 0 Å². The van der Waals surface area contributed by atoms with Gasteiger partial charge in [-0.15, -0.1) is 0 Å². The standard InChI is InChI=1S/C14H23N5O2/c1-8(2)7-17-10(20)5-6-16-14(21)13-11(15)12(18-19-13)9-3-4-9/h8-9H,3-7,15H2,1-2H3,(H,16,21)(H,17,20)(H,18,19). The second kappa shape index (κ2) is 6.60. The van der Waals surface area contributed by atoms with Crippen molar-refractivity contribution >= 4 is 17.5 Å². The van der Waals surface area contributed by atoms with Gasteiger partial charge in [-0.05, 0) is 18.8 Å². The van der Waals surface area contributed by atoms with Crippen molar-refractivity contribution in [3.63, 3.8) is 0 Å². The fourth-order valence-corrected chi connectivity index (χ4v) is 2.00. The number of H-pyrrole nitrogens is 1. The number of rotatable bonds is 7. The molecule has 1 aliphatic rings. The van der Waals surface area contributed by atoms with Crippen LogP contribution in [0.2, 0.25) is 0 Å². The zero-order valence-electron chi connectivity index (χ0n) is 12.5. The first kappa shape index (κ1) is 15.3. The summed E-state index contributed by atoms with van der Waals surface area (Å²) in [6.45, 7) is 4.97. The van der Waals surface area contributed by atoms with E-state index in [2.05, 4.69) is 20.8 Å². The molecule has 1 saturated carbocycles. The summed E-state index contributed by atoms with van der Waals surface area (Å²) in [5, 5.41) is 12.3. The Morgan fingerprint density at radius 3 is 2.71 bits per heavy atom. The van der Waals surface area contributed by atoms with Crippen LogP contribution < -0.4 is 16.4 Å². The number of anilines is 1. The van der Waals surface area contributed by atoms with Gasteiger partial charge < -0.3 is 16.4 Å². The summed E-state index contributed by atoms with van der Waals surface area (Å²) in [7, 11) is 0. The Kier molecular flexibility index (Phi) is 4.82. The fourth-order valence-electron chi connectivity index (χ4n) is 2.00. The Morgan fingerprint density at radius 1 is 1.38 bits per heavy atom. The van der Waals surface area contributed by atoms with Crippen LogP contribution in [-0.4, -0.2) is 35.1 Å². The number of aromatic amines is 1. The first-order valence-corrected chi connectivity index (χ1v) is 7.37. The molecule has 2 amide bonds. The van der Waals surface area contributed by atoms with Crippen molar-refractivity contribution in [2.24, 2.45) is 5.92 Å². The molecule has 0 unspecified atom stereocenters. The molecule has 0 atom stereocenters. The molecule has 7 heteroatoms. The molecule has 0 aromatic carbocycles. The van der Waals surface area contributed by atoms with Crippen LogP contribution in [0.1, 0.15) is 55.2 Å². The van der Waals surface area contributed by atoms with E-state index in [1.165, 1.54) is 0 Å². The summed E-state index contributed by atoms with van der Waals surface area (Å²) in [6.07, 6.45) is 2.42. The topological polar surface area (TPSA) is 113 Å². The van der Waals surface area contributed by atoms with Crippen LogP contribution in [0.15, 0.2) is 0 Å². The monoisotopic (exact) mass is 293 g/mol. The maximum absolute atomic E-state index is 12.0. The van der Waals surface area contributed by atoms with Crippen LogP contribution in [-0.2, 0) is 4.79 Å². The van der Waals surface area contributed by atoms with Crippen LogP contribution in [0, 0.1) is 5.92 Å². The van der Waals surface area contributed by atoms with Gasteiger partial charge in [0.15, 0.2) is 5.69 Å². The minimum absolute atomic E-state index is 0.0716. The number of nitrogen functional groups attached to an aromatic ring is 1. The fraction of sp³-hybridized carbons (Fsp3) is 0.643. The molecule has 0 aliphatic heterocycles. The lowest BCUT2D eigenvalue weighted by molar-refractivity contribution is -0.121. The largest absolute Gasteiger partial charge is 0.395 e. The summed E-state index contributed by atoms with van der Waals surface area (Å²) in [5.41, 5.74) is 7.43. The van der Waals surface area contributed by atoms with E-state index in [-0.39, 0.29) is 30.5 Å². The third-order valence-corrected chi connectivity index (χ3v) is 3.38. The highest BCUT2D eigenvalue weighted by Crippen LogP contribution is 2.42. The van der Waals surface area contributed by atoms with E-state index in [9.17, 15) is 9.59 Å². The van der Waals surface area contributed by atoms with Crippen molar-refractivity contribution in [3.8, 4) is 0 Å². The van der Waals surface area contributed by atoms with Gasteiger partial charge in [-0.2, -0.15) is 5.10 Å². The number of carbonyl (C=O) groups is 2. The van der Waals surface area contributed by atoms with Gasteiger partial charge in [0.25, 0.3) is 5.91 Å². The minimum Gasteiger partial charge on any atom is -0.395 e. The average Bonchev–Trinajstić information content (AvgIpc) is 3.19. The lowest BCUT2D eigenvalue weighted by Gasteiger charge is -2.08. The molecule has 1 heterocycles. The maximum Gasteiger partial charge on any atom is 0.273 e. The second-order valence-electron chi connectivity index (χ2n) is 5.88. The zero-order valence-corrected chi connectivity index (χ0v) is 12.5. The lowest BCUT2D eigenvalue weighted by Crippen LogP contribution is -2.32. The molecular weight excluding hydrogens is 270 g/mol. The number of amides is 2. The SMILES string of the molecule is CC(C)CNC(=O)CCNC(=O)c1n[nH]c(C2CC2)c1N. The van der Waals surface area contributed by atoms with E-state index < -0.39 is 0 Å². The van der Waals surface area contributed by atoms with Gasteiger partial charge in [-0.3, -0.25) is 14.7 Å². The van der Waals surface area contributed by atoms with E-state index >= 15 is 0 Å². The van der Waals surface area contributed by atoms with Crippen LogP contribution in [0.4, 0.5) is 5.69 Å². The first-order chi connectivity index (χ1) is 9.99. The molecule has 116 valence electrons. The molecule has 1 aliphatic carbocycles. The second-order valence-corrected chi connectivity index (χ2v) is 5.88. The quantitative estimate of drug-likeness (QED) is 0.594. The van der Waals surface area contributed by atoms with Crippen LogP contribution in [0.5, 0.6) is 0 Å². The van der Waals surface area contributed by atoms with Crippen molar-refractivity contribution < 1.29 is 9.59 Å². The van der Waals surface area contributed by atoms with Gasteiger partial charge in [0.1, 0.15) is 0 Å². The van der Waals surface area contributed by atoms with E-state index in [1.807, 2.05) is 13.8 Å². The Balaban J connectivity index is 1.75. The highest BCUT2D eigenvalue weighted by molar-refractivity contribution is 5.97. The molecule has 1 fully saturated rings. The van der Waals surface area contributed by atoms with Crippen molar-refractivity contribution in [2.75, 3.05) is 18.8 Å². The Bertz CT molecular complexity index is 519. The van der Waals surface area contributed by atoms with Crippen LogP contribution >= 0.6 is 0 Å². The van der Waals surface area contributed by atoms with E-state index in [4.69, 9.17) is 5.73 Å². The normalized spacial score (nSPS) is 14.2. The van der Waals surface area contributed by atoms with Crippen LogP contribution in [0.25, 0.3) is 0 Å². The maximum atomic E-state index is 12.0. The summed E-state index contributed by atoms with van der Waals surface area (Å²) in [4.78, 5) is 23.5. The number of carbonyl (C=O) groups excluding carboxylic acids is 2. The molecule has 0 saturated heterocycles. The molecule has 1 aromatic rings. The molecule has 0 spiro atoms. The number of nitrogens with two attached hydrogens (primary N) is 1. The van der Waals surface area contributed by atoms with Gasteiger partial charge in [-0.1, -0.05) is 13.8 Å². The van der Waals surface area contributed by atoms with E-state index in [0.29, 0.717) is 24.1 Å². The summed E-state index contributed by atoms with van der Waals surface area (Å²) < 4.78 is 0. The summed E-state index contributed by atoms with van der Waals surface area (Å²) in [5.74, 6) is 0.416. The Hall–Kier alpha value is -2.05. The highest BCUT2D eigenvalue weighted by atomic mass is 16.2. The summed E-state index contributed by atoms with van der Waals surface area (Å²) in [6, 6.07) is 0. The molecule has 21 heavy (non-hydrogen) atoms. The number of nitrogens with one attached hydrogen (secondary N) is 3. The first-order valence-electron chi connectivity index (χ1n) is 7.37. The molecule has 1 aromatic heterocycles.